The van der Waals surface area contributed by atoms with Gasteiger partial charge < -0.3 is 15.2 Å². The summed E-state index contributed by atoms with van der Waals surface area (Å²) < 4.78 is 11.2. The summed E-state index contributed by atoms with van der Waals surface area (Å²) in [5.41, 5.74) is 7.30. The van der Waals surface area contributed by atoms with Crippen LogP contribution in [-0.4, -0.2) is 26.4 Å². The van der Waals surface area contributed by atoms with Gasteiger partial charge in [-0.15, -0.1) is 0 Å². The molecule has 2 N–H and O–H groups in total. The minimum atomic E-state index is 0.0318. The molecule has 94 valence electrons. The summed E-state index contributed by atoms with van der Waals surface area (Å²) in [4.78, 5) is 0. The molecule has 0 bridgehead atoms. The molecule has 1 aromatic rings. The molecule has 1 unspecified atom stereocenters. The van der Waals surface area contributed by atoms with E-state index in [1.807, 2.05) is 19.1 Å². The molecule has 17 heavy (non-hydrogen) atoms. The zero-order valence-electron chi connectivity index (χ0n) is 10.4. The number of fused-ring (bicyclic) bond motifs is 1. The summed E-state index contributed by atoms with van der Waals surface area (Å²) in [5.74, 6) is 0.987. The highest BCUT2D eigenvalue weighted by Gasteiger charge is 2.35. The van der Waals surface area contributed by atoms with Crippen molar-refractivity contribution < 1.29 is 9.47 Å². The van der Waals surface area contributed by atoms with Crippen LogP contribution in [0.25, 0.3) is 0 Å². The average molecular weight is 235 g/mol. The van der Waals surface area contributed by atoms with E-state index in [0.29, 0.717) is 6.54 Å². The van der Waals surface area contributed by atoms with Gasteiger partial charge in [0.1, 0.15) is 5.75 Å². The fraction of sp³-hybridized carbons (Fsp3) is 0.571. The second-order valence-corrected chi connectivity index (χ2v) is 4.53. The van der Waals surface area contributed by atoms with Gasteiger partial charge in [-0.1, -0.05) is 18.2 Å². The van der Waals surface area contributed by atoms with Crippen LogP contribution in [0, 0.1) is 0 Å². The Labute approximate surface area is 103 Å². The normalized spacial score (nSPS) is 22.9. The molecule has 0 aliphatic carbocycles. The molecule has 0 saturated heterocycles. The van der Waals surface area contributed by atoms with E-state index in [0.717, 1.165) is 38.4 Å². The molecule has 1 aromatic carbocycles. The first-order chi connectivity index (χ1) is 8.32. The summed E-state index contributed by atoms with van der Waals surface area (Å²) in [7, 11) is 0. The molecule has 0 spiro atoms. The lowest BCUT2D eigenvalue weighted by Gasteiger charge is -2.38. The van der Waals surface area contributed by atoms with Gasteiger partial charge in [-0.3, -0.25) is 0 Å². The molecule has 1 heterocycles. The van der Waals surface area contributed by atoms with Gasteiger partial charge in [-0.05, 0) is 25.8 Å². The molecule has 0 saturated carbocycles. The maximum atomic E-state index is 6.02. The monoisotopic (exact) mass is 235 g/mol. The fourth-order valence-electron chi connectivity index (χ4n) is 2.51. The first-order valence-electron chi connectivity index (χ1n) is 6.32. The zero-order valence-corrected chi connectivity index (χ0v) is 10.4. The Hall–Kier alpha value is -1.06. The largest absolute Gasteiger partial charge is 0.493 e. The van der Waals surface area contributed by atoms with Crippen LogP contribution in [0.4, 0.5) is 0 Å². The molecule has 1 atom stereocenters. The number of hydrogen-bond donors (Lipinski definition) is 1. The van der Waals surface area contributed by atoms with Crippen LogP contribution in [0.2, 0.25) is 0 Å². The summed E-state index contributed by atoms with van der Waals surface area (Å²) in [6.07, 6.45) is 1.95. The number of ether oxygens (including phenoxy) is 2. The number of hydrogen-bond acceptors (Lipinski definition) is 3. The van der Waals surface area contributed by atoms with E-state index in [1.165, 1.54) is 5.56 Å². The minimum absolute atomic E-state index is 0.0318. The van der Waals surface area contributed by atoms with Crippen LogP contribution >= 0.6 is 0 Å². The molecule has 0 aromatic heterocycles. The SMILES string of the molecule is CCOCCC1(CN)CCOc2ccccc21. The van der Waals surface area contributed by atoms with Gasteiger partial charge in [0.25, 0.3) is 0 Å². The van der Waals surface area contributed by atoms with Crippen molar-refractivity contribution in [3.8, 4) is 5.75 Å². The van der Waals surface area contributed by atoms with Gasteiger partial charge in [-0.2, -0.15) is 0 Å². The van der Waals surface area contributed by atoms with Crippen LogP contribution in [0.1, 0.15) is 25.3 Å². The second-order valence-electron chi connectivity index (χ2n) is 4.53. The van der Waals surface area contributed by atoms with E-state index in [4.69, 9.17) is 15.2 Å². The Morgan fingerprint density at radius 3 is 3.00 bits per heavy atom. The molecule has 0 radical (unpaired) electrons. The molecule has 2 rings (SSSR count). The second kappa shape index (κ2) is 5.52. The van der Waals surface area contributed by atoms with Crippen LogP contribution in [0.5, 0.6) is 5.75 Å². The maximum absolute atomic E-state index is 6.02. The Morgan fingerprint density at radius 2 is 2.24 bits per heavy atom. The van der Waals surface area contributed by atoms with E-state index in [9.17, 15) is 0 Å². The number of benzene rings is 1. The van der Waals surface area contributed by atoms with Crippen molar-refractivity contribution in [2.24, 2.45) is 5.73 Å². The van der Waals surface area contributed by atoms with Gasteiger partial charge in [0, 0.05) is 30.7 Å². The lowest BCUT2D eigenvalue weighted by molar-refractivity contribution is 0.111. The molecule has 1 aliphatic rings. The van der Waals surface area contributed by atoms with Crippen LogP contribution in [0.15, 0.2) is 24.3 Å². The molecular formula is C14H21NO2. The van der Waals surface area contributed by atoms with E-state index < -0.39 is 0 Å². The third kappa shape index (κ3) is 2.45. The molecule has 3 heteroatoms. The predicted octanol–water partition coefficient (Wildman–Crippen LogP) is 2.09. The van der Waals surface area contributed by atoms with Crippen molar-refractivity contribution in [1.82, 2.24) is 0 Å². The standard InChI is InChI=1S/C14H21NO2/c1-2-16-9-7-14(11-15)8-10-17-13-6-4-3-5-12(13)14/h3-6H,2,7-11,15H2,1H3. The third-order valence-electron chi connectivity index (χ3n) is 3.62. The summed E-state index contributed by atoms with van der Waals surface area (Å²) in [5, 5.41) is 0. The van der Waals surface area contributed by atoms with Crippen LogP contribution in [0.3, 0.4) is 0 Å². The molecular weight excluding hydrogens is 214 g/mol. The highest BCUT2D eigenvalue weighted by molar-refractivity contribution is 5.41. The summed E-state index contributed by atoms with van der Waals surface area (Å²) >= 11 is 0. The summed E-state index contributed by atoms with van der Waals surface area (Å²) in [6, 6.07) is 8.22. The Balaban J connectivity index is 2.22. The highest BCUT2D eigenvalue weighted by Crippen LogP contribution is 2.40. The van der Waals surface area contributed by atoms with E-state index in [1.54, 1.807) is 0 Å². The topological polar surface area (TPSA) is 44.5 Å². The average Bonchev–Trinajstić information content (AvgIpc) is 2.39. The fourth-order valence-corrected chi connectivity index (χ4v) is 2.51. The van der Waals surface area contributed by atoms with Gasteiger partial charge in [0.15, 0.2) is 0 Å². The summed E-state index contributed by atoms with van der Waals surface area (Å²) in [6.45, 7) is 4.95. The van der Waals surface area contributed by atoms with E-state index >= 15 is 0 Å². The zero-order chi connectivity index (χ0) is 12.1. The lowest BCUT2D eigenvalue weighted by Crippen LogP contribution is -2.40. The van der Waals surface area contributed by atoms with E-state index in [2.05, 4.69) is 12.1 Å². The van der Waals surface area contributed by atoms with Gasteiger partial charge >= 0.3 is 0 Å². The van der Waals surface area contributed by atoms with Gasteiger partial charge in [0.2, 0.25) is 0 Å². The van der Waals surface area contributed by atoms with Crippen molar-refractivity contribution in [2.75, 3.05) is 26.4 Å². The van der Waals surface area contributed by atoms with Crippen LogP contribution in [-0.2, 0) is 10.2 Å². The Morgan fingerprint density at radius 1 is 1.41 bits per heavy atom. The van der Waals surface area contributed by atoms with E-state index in [-0.39, 0.29) is 5.41 Å². The lowest BCUT2D eigenvalue weighted by atomic mass is 9.73. The Kier molecular flexibility index (Phi) is 4.02. The van der Waals surface area contributed by atoms with Gasteiger partial charge in [-0.25, -0.2) is 0 Å². The maximum Gasteiger partial charge on any atom is 0.123 e. The number of rotatable bonds is 5. The Bertz CT molecular complexity index is 367. The predicted molar refractivity (Wildman–Crippen MR) is 68.4 cm³/mol. The van der Waals surface area contributed by atoms with Crippen molar-refractivity contribution in [3.63, 3.8) is 0 Å². The van der Waals surface area contributed by atoms with Crippen molar-refractivity contribution in [1.29, 1.82) is 0 Å². The quantitative estimate of drug-likeness (QED) is 0.795. The molecule has 3 nitrogen and oxygen atoms in total. The molecule has 1 aliphatic heterocycles. The van der Waals surface area contributed by atoms with Crippen LogP contribution < -0.4 is 10.5 Å². The minimum Gasteiger partial charge on any atom is -0.493 e. The van der Waals surface area contributed by atoms with Crippen molar-refractivity contribution in [3.05, 3.63) is 29.8 Å². The highest BCUT2D eigenvalue weighted by atomic mass is 16.5. The van der Waals surface area contributed by atoms with Crippen molar-refractivity contribution >= 4 is 0 Å². The van der Waals surface area contributed by atoms with Crippen molar-refractivity contribution in [2.45, 2.75) is 25.2 Å². The number of para-hydroxylation sites is 1. The first-order valence-corrected chi connectivity index (χ1v) is 6.32. The van der Waals surface area contributed by atoms with Gasteiger partial charge in [0.05, 0.1) is 6.61 Å². The number of nitrogens with two attached hydrogens (primary N) is 1. The third-order valence-corrected chi connectivity index (χ3v) is 3.62. The molecule has 0 amide bonds. The first kappa shape index (κ1) is 12.4. The smallest absolute Gasteiger partial charge is 0.123 e. The molecule has 0 fully saturated rings.